The van der Waals surface area contributed by atoms with Gasteiger partial charge in [0.25, 0.3) is 0 Å². The molecule has 0 aromatic carbocycles. The number of hydrogen-bond donors (Lipinski definition) is 0. The monoisotopic (exact) mass is 255 g/mol. The Morgan fingerprint density at radius 1 is 1.12 bits per heavy atom. The van der Waals surface area contributed by atoms with E-state index in [2.05, 4.69) is 4.74 Å². The average molecular weight is 255 g/mol. The van der Waals surface area contributed by atoms with E-state index < -0.39 is 18.9 Å². The predicted octanol–water partition coefficient (Wildman–Crippen LogP) is 3.59. The molecule has 0 spiro atoms. The number of unbranched alkanes of at least 4 members (excludes halogenated alkanes) is 2. The SMILES string of the molecule is CCCCN(CCCC)C(=O)OCC(F)(F)F. The number of amides is 1. The van der Waals surface area contributed by atoms with Crippen LogP contribution in [0.2, 0.25) is 0 Å². The van der Waals surface area contributed by atoms with Gasteiger partial charge in [-0.25, -0.2) is 4.79 Å². The Bertz CT molecular complexity index is 211. The lowest BCUT2D eigenvalue weighted by Gasteiger charge is -2.22. The van der Waals surface area contributed by atoms with Crippen molar-refractivity contribution in [1.82, 2.24) is 4.90 Å². The Morgan fingerprint density at radius 3 is 1.94 bits per heavy atom. The first-order chi connectivity index (χ1) is 7.90. The second kappa shape index (κ2) is 8.20. The van der Waals surface area contributed by atoms with E-state index in [0.29, 0.717) is 13.1 Å². The molecule has 17 heavy (non-hydrogen) atoms. The summed E-state index contributed by atoms with van der Waals surface area (Å²) in [6, 6.07) is 0. The van der Waals surface area contributed by atoms with Crippen LogP contribution < -0.4 is 0 Å². The Kier molecular flexibility index (Phi) is 7.74. The minimum Gasteiger partial charge on any atom is -0.440 e. The topological polar surface area (TPSA) is 29.5 Å². The molecule has 1 amide bonds. The van der Waals surface area contributed by atoms with E-state index in [1.165, 1.54) is 4.90 Å². The van der Waals surface area contributed by atoms with E-state index in [1.54, 1.807) is 0 Å². The Labute approximate surface area is 99.9 Å². The summed E-state index contributed by atoms with van der Waals surface area (Å²) in [5.74, 6) is 0. The van der Waals surface area contributed by atoms with Crippen LogP contribution in [-0.4, -0.2) is 36.9 Å². The molecule has 0 atom stereocenters. The van der Waals surface area contributed by atoms with Crippen LogP contribution in [0.5, 0.6) is 0 Å². The Balaban J connectivity index is 4.11. The third kappa shape index (κ3) is 8.83. The molecule has 0 heterocycles. The van der Waals surface area contributed by atoms with Gasteiger partial charge in [0.15, 0.2) is 6.61 Å². The second-order valence-corrected chi connectivity index (χ2v) is 3.86. The van der Waals surface area contributed by atoms with Gasteiger partial charge >= 0.3 is 12.3 Å². The summed E-state index contributed by atoms with van der Waals surface area (Å²) in [5, 5.41) is 0. The van der Waals surface area contributed by atoms with Gasteiger partial charge < -0.3 is 9.64 Å². The molecule has 0 N–H and O–H groups in total. The molecule has 0 aliphatic carbocycles. The molecule has 0 fully saturated rings. The number of alkyl halides is 3. The maximum atomic E-state index is 11.9. The first-order valence-electron chi connectivity index (χ1n) is 5.89. The highest BCUT2D eigenvalue weighted by Crippen LogP contribution is 2.15. The maximum Gasteiger partial charge on any atom is 0.422 e. The van der Waals surface area contributed by atoms with Crippen LogP contribution >= 0.6 is 0 Å². The molecular weight excluding hydrogens is 235 g/mol. The third-order valence-electron chi connectivity index (χ3n) is 2.18. The molecule has 6 heteroatoms. The van der Waals surface area contributed by atoms with Crippen molar-refractivity contribution in [3.8, 4) is 0 Å². The minimum absolute atomic E-state index is 0.452. The fraction of sp³-hybridized carbons (Fsp3) is 0.909. The minimum atomic E-state index is -4.46. The van der Waals surface area contributed by atoms with Crippen molar-refractivity contribution < 1.29 is 22.7 Å². The Morgan fingerprint density at radius 2 is 1.59 bits per heavy atom. The fourth-order valence-corrected chi connectivity index (χ4v) is 1.23. The molecule has 0 aliphatic rings. The Hall–Kier alpha value is -0.940. The first kappa shape index (κ1) is 16.1. The molecule has 0 radical (unpaired) electrons. The van der Waals surface area contributed by atoms with E-state index in [-0.39, 0.29) is 0 Å². The largest absolute Gasteiger partial charge is 0.440 e. The summed E-state index contributed by atoms with van der Waals surface area (Å²) in [6.45, 7) is 3.30. The average Bonchev–Trinajstić information content (AvgIpc) is 2.25. The molecule has 0 saturated heterocycles. The van der Waals surface area contributed by atoms with Crippen LogP contribution in [0.25, 0.3) is 0 Å². The van der Waals surface area contributed by atoms with Gasteiger partial charge in [-0.05, 0) is 12.8 Å². The fourth-order valence-electron chi connectivity index (χ4n) is 1.23. The molecule has 0 saturated carbocycles. The van der Waals surface area contributed by atoms with Gasteiger partial charge in [-0.2, -0.15) is 13.2 Å². The van der Waals surface area contributed by atoms with E-state index >= 15 is 0 Å². The highest BCUT2D eigenvalue weighted by Gasteiger charge is 2.30. The molecule has 0 aliphatic heterocycles. The zero-order valence-electron chi connectivity index (χ0n) is 10.3. The van der Waals surface area contributed by atoms with Crippen molar-refractivity contribution >= 4 is 6.09 Å². The standard InChI is InChI=1S/C11H20F3NO2/c1-3-5-7-15(8-6-4-2)10(16)17-9-11(12,13)14/h3-9H2,1-2H3. The van der Waals surface area contributed by atoms with Crippen molar-refractivity contribution in [2.45, 2.75) is 45.7 Å². The predicted molar refractivity (Wildman–Crippen MR) is 58.8 cm³/mol. The summed E-state index contributed by atoms with van der Waals surface area (Å²) >= 11 is 0. The van der Waals surface area contributed by atoms with Crippen LogP contribution in [0.3, 0.4) is 0 Å². The number of carbonyl (C=O) groups is 1. The molecule has 0 rings (SSSR count). The van der Waals surface area contributed by atoms with Gasteiger partial charge in [0, 0.05) is 13.1 Å². The molecule has 3 nitrogen and oxygen atoms in total. The molecule has 0 unspecified atom stereocenters. The maximum absolute atomic E-state index is 11.9. The van der Waals surface area contributed by atoms with Gasteiger partial charge in [0.05, 0.1) is 0 Å². The van der Waals surface area contributed by atoms with E-state index in [1.807, 2.05) is 13.8 Å². The summed E-state index contributed by atoms with van der Waals surface area (Å²) < 4.78 is 39.9. The lowest BCUT2D eigenvalue weighted by Crippen LogP contribution is -2.35. The van der Waals surface area contributed by atoms with Crippen LogP contribution in [0.15, 0.2) is 0 Å². The number of nitrogens with zero attached hydrogens (tertiary/aromatic N) is 1. The van der Waals surface area contributed by atoms with Gasteiger partial charge in [0.1, 0.15) is 0 Å². The van der Waals surface area contributed by atoms with Gasteiger partial charge in [-0.3, -0.25) is 0 Å². The highest BCUT2D eigenvalue weighted by atomic mass is 19.4. The lowest BCUT2D eigenvalue weighted by molar-refractivity contribution is -0.162. The number of ether oxygens (including phenoxy) is 1. The summed E-state index contributed by atoms with van der Waals surface area (Å²) in [7, 11) is 0. The third-order valence-corrected chi connectivity index (χ3v) is 2.18. The quantitative estimate of drug-likeness (QED) is 0.695. The number of hydrogen-bond acceptors (Lipinski definition) is 2. The smallest absolute Gasteiger partial charge is 0.422 e. The zero-order chi connectivity index (χ0) is 13.3. The van der Waals surface area contributed by atoms with Gasteiger partial charge in [-0.1, -0.05) is 26.7 Å². The van der Waals surface area contributed by atoms with Crippen molar-refractivity contribution in [2.75, 3.05) is 19.7 Å². The molecule has 0 aromatic heterocycles. The molecule has 0 bridgehead atoms. The summed E-state index contributed by atoms with van der Waals surface area (Å²) in [6.07, 6.45) is -2.03. The van der Waals surface area contributed by atoms with Crippen LogP contribution in [-0.2, 0) is 4.74 Å². The zero-order valence-corrected chi connectivity index (χ0v) is 10.3. The second-order valence-electron chi connectivity index (χ2n) is 3.86. The number of carbonyl (C=O) groups excluding carboxylic acids is 1. The van der Waals surface area contributed by atoms with Crippen molar-refractivity contribution in [1.29, 1.82) is 0 Å². The van der Waals surface area contributed by atoms with E-state index in [4.69, 9.17) is 0 Å². The van der Waals surface area contributed by atoms with Crippen molar-refractivity contribution in [3.63, 3.8) is 0 Å². The molecule has 102 valence electrons. The number of halogens is 3. The van der Waals surface area contributed by atoms with Crippen LogP contribution in [0.4, 0.5) is 18.0 Å². The van der Waals surface area contributed by atoms with Crippen LogP contribution in [0.1, 0.15) is 39.5 Å². The number of rotatable bonds is 7. The van der Waals surface area contributed by atoms with E-state index in [0.717, 1.165) is 25.7 Å². The lowest BCUT2D eigenvalue weighted by atomic mass is 10.3. The molecular formula is C11H20F3NO2. The van der Waals surface area contributed by atoms with Crippen LogP contribution in [0, 0.1) is 0 Å². The molecule has 0 aromatic rings. The van der Waals surface area contributed by atoms with Gasteiger partial charge in [-0.15, -0.1) is 0 Å². The first-order valence-corrected chi connectivity index (χ1v) is 5.89. The van der Waals surface area contributed by atoms with Gasteiger partial charge in [0.2, 0.25) is 0 Å². The summed E-state index contributed by atoms with van der Waals surface area (Å²) in [4.78, 5) is 12.8. The van der Waals surface area contributed by atoms with E-state index in [9.17, 15) is 18.0 Å². The van der Waals surface area contributed by atoms with Crippen molar-refractivity contribution in [2.24, 2.45) is 0 Å². The van der Waals surface area contributed by atoms with Crippen molar-refractivity contribution in [3.05, 3.63) is 0 Å². The summed E-state index contributed by atoms with van der Waals surface area (Å²) in [5.41, 5.74) is 0. The normalized spacial score (nSPS) is 11.4. The highest BCUT2D eigenvalue weighted by molar-refractivity contribution is 5.67.